The maximum atomic E-state index is 13.8. The Kier molecular flexibility index (Phi) is 10.6. The first-order valence-electron chi connectivity index (χ1n) is 20.7. The quantitative estimate of drug-likeness (QED) is 0.140. The maximum Gasteiger partial charge on any atom is 0.407 e. The number of pyridine rings is 1. The van der Waals surface area contributed by atoms with Crippen LogP contribution in [0.2, 0.25) is 0 Å². The largest absolute Gasteiger partial charge is 0.453 e. The number of aromatic amines is 1. The number of nitrogens with one attached hydrogen (secondary N) is 3. The van der Waals surface area contributed by atoms with Gasteiger partial charge in [-0.05, 0) is 89.9 Å². The maximum absolute atomic E-state index is 13.8. The topological polar surface area (TPSA) is 153 Å². The number of hydrogen-bond acceptors (Lipinski definition) is 8. The standard InChI is InChI=1S/C46H54N8O5/c1-26(2)39(51-45(58)59-7)44(57)54-24-27(3)20-37(54)41-49-36-16-11-31-21-30(10-15-34(31)40(36)50-41)29-8-13-33(14-9-29)48-42(55)32-12-17-38(47-23-32)53-19-18-52(25-28(53)4)43(56)35-22-46(35,5)6/h8-17,21,23,26-28,35,37,39H,18-20,22,24-25H2,1-7H3,(H,48,55)(H,49,50)(H,51,58)/t27-,28+,35+,37-,39-/m0/s1. The van der Waals surface area contributed by atoms with E-state index in [1.54, 1.807) is 12.3 Å². The molecule has 3 aromatic carbocycles. The number of nitrogens with zero attached hydrogens (tertiary/aromatic N) is 5. The van der Waals surface area contributed by atoms with Crippen molar-refractivity contribution in [3.05, 3.63) is 84.3 Å². The van der Waals surface area contributed by atoms with E-state index < -0.39 is 12.1 Å². The summed E-state index contributed by atoms with van der Waals surface area (Å²) in [5, 5.41) is 7.75. The number of rotatable bonds is 9. The minimum Gasteiger partial charge on any atom is -0.453 e. The highest BCUT2D eigenvalue weighted by atomic mass is 16.5. The summed E-state index contributed by atoms with van der Waals surface area (Å²) in [6.45, 7) is 15.0. The molecule has 2 aromatic heterocycles. The number of H-pyrrole nitrogens is 1. The number of amides is 4. The molecule has 308 valence electrons. The molecular formula is C46H54N8O5. The van der Waals surface area contributed by atoms with Crippen LogP contribution in [-0.2, 0) is 14.3 Å². The number of imidazole rings is 1. The highest BCUT2D eigenvalue weighted by Gasteiger charge is 2.52. The van der Waals surface area contributed by atoms with Gasteiger partial charge in [0.2, 0.25) is 11.8 Å². The van der Waals surface area contributed by atoms with Crippen LogP contribution < -0.4 is 15.5 Å². The molecule has 1 aliphatic carbocycles. The summed E-state index contributed by atoms with van der Waals surface area (Å²) in [6, 6.07) is 21.0. The minimum atomic E-state index is -0.708. The number of likely N-dealkylation sites (tertiary alicyclic amines) is 1. The number of anilines is 2. The Morgan fingerprint density at radius 1 is 0.932 bits per heavy atom. The molecule has 2 saturated heterocycles. The van der Waals surface area contributed by atoms with E-state index in [0.717, 1.165) is 57.4 Å². The SMILES string of the molecule is COC(=O)N[C@H](C(=O)N1C[C@@H](C)C[C@H]1c1nc2c(ccc3cc(-c4ccc(NC(=O)c5ccc(N6CCN(C(=O)[C@H]7CC7(C)C)C[C@H]6C)nc5)cc4)ccc32)[nH]1)C(C)C. The van der Waals surface area contributed by atoms with Crippen molar-refractivity contribution in [2.24, 2.45) is 23.2 Å². The lowest BCUT2D eigenvalue weighted by Crippen LogP contribution is -2.54. The number of aromatic nitrogens is 3. The van der Waals surface area contributed by atoms with E-state index in [1.165, 1.54) is 7.11 Å². The number of methoxy groups -OCH3 is 1. The van der Waals surface area contributed by atoms with Crippen LogP contribution in [0.4, 0.5) is 16.3 Å². The van der Waals surface area contributed by atoms with Gasteiger partial charge in [-0.25, -0.2) is 14.8 Å². The highest BCUT2D eigenvalue weighted by Crippen LogP contribution is 2.52. The zero-order chi connectivity index (χ0) is 41.7. The van der Waals surface area contributed by atoms with E-state index in [9.17, 15) is 19.2 Å². The number of piperazine rings is 1. The Morgan fingerprint density at radius 3 is 2.34 bits per heavy atom. The molecule has 0 bridgehead atoms. The van der Waals surface area contributed by atoms with E-state index in [2.05, 4.69) is 77.5 Å². The summed E-state index contributed by atoms with van der Waals surface area (Å²) in [5.41, 5.74) is 5.03. The van der Waals surface area contributed by atoms with Crippen molar-refractivity contribution in [3.63, 3.8) is 0 Å². The van der Waals surface area contributed by atoms with Crippen LogP contribution in [0, 0.1) is 23.2 Å². The summed E-state index contributed by atoms with van der Waals surface area (Å²) in [5.74, 6) is 1.71. The average Bonchev–Trinajstić information content (AvgIpc) is 3.49. The highest BCUT2D eigenvalue weighted by molar-refractivity contribution is 6.06. The molecule has 1 saturated carbocycles. The molecule has 3 fully saturated rings. The third kappa shape index (κ3) is 7.94. The fraction of sp³-hybridized carbons (Fsp3) is 0.435. The number of fused-ring (bicyclic) bond motifs is 3. The van der Waals surface area contributed by atoms with Crippen LogP contribution in [0.25, 0.3) is 32.9 Å². The Balaban J connectivity index is 0.917. The molecule has 2 aliphatic heterocycles. The van der Waals surface area contributed by atoms with Crippen LogP contribution >= 0.6 is 0 Å². The molecule has 59 heavy (non-hydrogen) atoms. The van der Waals surface area contributed by atoms with Crippen molar-refractivity contribution in [1.29, 1.82) is 0 Å². The summed E-state index contributed by atoms with van der Waals surface area (Å²) in [4.78, 5) is 71.3. The molecule has 13 heteroatoms. The number of alkyl carbamates (subject to hydrolysis) is 1. The van der Waals surface area contributed by atoms with Gasteiger partial charge in [0, 0.05) is 55.4 Å². The number of ether oxygens (including phenoxy) is 1. The number of carbonyl (C=O) groups is 4. The van der Waals surface area contributed by atoms with Gasteiger partial charge < -0.3 is 35.1 Å². The minimum absolute atomic E-state index is 0.119. The van der Waals surface area contributed by atoms with Crippen LogP contribution in [0.1, 0.15) is 76.6 Å². The van der Waals surface area contributed by atoms with Gasteiger partial charge >= 0.3 is 6.09 Å². The lowest BCUT2D eigenvalue weighted by atomic mass is 10.0. The Bertz CT molecular complexity index is 2410. The molecule has 0 radical (unpaired) electrons. The smallest absolute Gasteiger partial charge is 0.407 e. The molecule has 13 nitrogen and oxygen atoms in total. The number of carbonyl (C=O) groups excluding carboxylic acids is 4. The zero-order valence-electron chi connectivity index (χ0n) is 34.9. The fourth-order valence-electron chi connectivity index (χ4n) is 8.83. The van der Waals surface area contributed by atoms with Gasteiger partial charge in [0.05, 0.1) is 29.7 Å². The van der Waals surface area contributed by atoms with Crippen molar-refractivity contribution in [2.45, 2.75) is 72.5 Å². The summed E-state index contributed by atoms with van der Waals surface area (Å²) >= 11 is 0. The second kappa shape index (κ2) is 15.6. The van der Waals surface area contributed by atoms with Crippen LogP contribution in [0.3, 0.4) is 0 Å². The van der Waals surface area contributed by atoms with E-state index >= 15 is 0 Å². The Hall–Kier alpha value is -5.98. The first-order chi connectivity index (χ1) is 28.2. The average molecular weight is 799 g/mol. The van der Waals surface area contributed by atoms with Gasteiger partial charge in [-0.1, -0.05) is 65.0 Å². The van der Waals surface area contributed by atoms with Crippen molar-refractivity contribution in [1.82, 2.24) is 30.1 Å². The van der Waals surface area contributed by atoms with Crippen molar-refractivity contribution < 1.29 is 23.9 Å². The zero-order valence-corrected chi connectivity index (χ0v) is 34.9. The van der Waals surface area contributed by atoms with Crippen molar-refractivity contribution >= 4 is 57.1 Å². The van der Waals surface area contributed by atoms with E-state index in [4.69, 9.17) is 9.72 Å². The van der Waals surface area contributed by atoms with Crippen LogP contribution in [-0.4, -0.2) is 93.9 Å². The van der Waals surface area contributed by atoms with Gasteiger partial charge in [-0.3, -0.25) is 14.4 Å². The normalized spacial score (nSPS) is 21.8. The van der Waals surface area contributed by atoms with Crippen LogP contribution in [0.15, 0.2) is 72.9 Å². The van der Waals surface area contributed by atoms with E-state index in [-0.39, 0.29) is 53.0 Å². The molecule has 8 rings (SSSR count). The molecule has 0 unspecified atom stereocenters. The van der Waals surface area contributed by atoms with Gasteiger partial charge in [0.1, 0.15) is 17.7 Å². The van der Waals surface area contributed by atoms with Crippen molar-refractivity contribution in [3.8, 4) is 11.1 Å². The molecule has 3 N–H and O–H groups in total. The van der Waals surface area contributed by atoms with Crippen LogP contribution in [0.5, 0.6) is 0 Å². The monoisotopic (exact) mass is 798 g/mol. The predicted molar refractivity (Wildman–Crippen MR) is 229 cm³/mol. The number of hydrogen-bond donors (Lipinski definition) is 3. The molecule has 0 spiro atoms. The summed E-state index contributed by atoms with van der Waals surface area (Å²) < 4.78 is 4.80. The van der Waals surface area contributed by atoms with E-state index in [0.29, 0.717) is 37.4 Å². The molecule has 5 aromatic rings. The Labute approximate surface area is 344 Å². The van der Waals surface area contributed by atoms with E-state index in [1.807, 2.05) is 60.0 Å². The van der Waals surface area contributed by atoms with Gasteiger partial charge in [-0.15, -0.1) is 0 Å². The molecule has 4 amide bonds. The van der Waals surface area contributed by atoms with Gasteiger partial charge in [0.15, 0.2) is 0 Å². The lowest BCUT2D eigenvalue weighted by Gasteiger charge is -2.40. The third-order valence-corrected chi connectivity index (χ3v) is 12.5. The first-order valence-corrected chi connectivity index (χ1v) is 20.7. The Morgan fingerprint density at radius 2 is 1.68 bits per heavy atom. The molecule has 4 heterocycles. The number of benzene rings is 3. The summed E-state index contributed by atoms with van der Waals surface area (Å²) in [6.07, 6.45) is 2.71. The lowest BCUT2D eigenvalue weighted by molar-refractivity contribution is -0.136. The first kappa shape index (κ1) is 39.8. The molecule has 3 aliphatic rings. The van der Waals surface area contributed by atoms with Crippen molar-refractivity contribution in [2.75, 3.05) is 43.5 Å². The molecule has 5 atom stereocenters. The third-order valence-electron chi connectivity index (χ3n) is 12.5. The molecular weight excluding hydrogens is 745 g/mol. The van der Waals surface area contributed by atoms with Gasteiger partial charge in [-0.2, -0.15) is 0 Å². The predicted octanol–water partition coefficient (Wildman–Crippen LogP) is 7.40. The second-order valence-electron chi connectivity index (χ2n) is 17.7. The van der Waals surface area contributed by atoms with Gasteiger partial charge in [0.25, 0.3) is 5.91 Å². The summed E-state index contributed by atoms with van der Waals surface area (Å²) in [7, 11) is 1.29. The fourth-order valence-corrected chi connectivity index (χ4v) is 8.83. The second-order valence-corrected chi connectivity index (χ2v) is 17.7.